The number of hydrogen-bond donors (Lipinski definition) is 1. The van der Waals surface area contributed by atoms with Crippen molar-refractivity contribution in [3.05, 3.63) is 94.9 Å². The van der Waals surface area contributed by atoms with Gasteiger partial charge in [-0.1, -0.05) is 22.9 Å². The fraction of sp³-hybridized carbons (Fsp3) is 0.148. The lowest BCUT2D eigenvalue weighted by molar-refractivity contribution is 0.102. The van der Waals surface area contributed by atoms with Crippen LogP contribution in [0.2, 0.25) is 0 Å². The summed E-state index contributed by atoms with van der Waals surface area (Å²) in [6.07, 6.45) is 0. The molecule has 0 atom stereocenters. The molecular weight excluding hydrogens is 430 g/mol. The van der Waals surface area contributed by atoms with Crippen LogP contribution in [0.3, 0.4) is 0 Å². The van der Waals surface area contributed by atoms with E-state index in [0.717, 1.165) is 33.7 Å². The van der Waals surface area contributed by atoms with Crippen molar-refractivity contribution in [2.45, 2.75) is 27.4 Å². The summed E-state index contributed by atoms with van der Waals surface area (Å²) in [4.78, 5) is 17.3. The van der Waals surface area contributed by atoms with E-state index in [1.807, 2.05) is 57.2 Å². The van der Waals surface area contributed by atoms with Crippen LogP contribution >= 0.6 is 0 Å². The second-order valence-electron chi connectivity index (χ2n) is 8.14. The third-order valence-corrected chi connectivity index (χ3v) is 5.59. The molecule has 2 heterocycles. The van der Waals surface area contributed by atoms with Crippen molar-refractivity contribution in [3.8, 4) is 17.2 Å². The van der Waals surface area contributed by atoms with Crippen molar-refractivity contribution in [2.24, 2.45) is 0 Å². The van der Waals surface area contributed by atoms with Crippen LogP contribution in [0.1, 0.15) is 32.9 Å². The number of aromatic nitrogens is 2. The van der Waals surface area contributed by atoms with Gasteiger partial charge < -0.3 is 19.0 Å². The molecule has 1 amide bonds. The first-order valence-electron chi connectivity index (χ1n) is 10.9. The number of hydrogen-bond acceptors (Lipinski definition) is 6. The van der Waals surface area contributed by atoms with Gasteiger partial charge in [0, 0.05) is 22.9 Å². The molecule has 2 aromatic heterocycles. The molecule has 170 valence electrons. The minimum atomic E-state index is -0.227. The number of fused-ring (bicyclic) bond motifs is 1. The maximum atomic E-state index is 12.7. The van der Waals surface area contributed by atoms with Gasteiger partial charge >= 0.3 is 0 Å². The second-order valence-corrected chi connectivity index (χ2v) is 8.14. The first-order chi connectivity index (χ1) is 16.5. The number of anilines is 1. The molecule has 0 spiro atoms. The number of nitrogens with zero attached hydrogens (tertiary/aromatic N) is 2. The number of nitrogens with one attached hydrogen (secondary N) is 1. The molecule has 0 saturated carbocycles. The predicted molar refractivity (Wildman–Crippen MR) is 129 cm³/mol. The van der Waals surface area contributed by atoms with Crippen LogP contribution in [-0.4, -0.2) is 16.0 Å². The molecule has 0 saturated heterocycles. The van der Waals surface area contributed by atoms with Crippen LogP contribution in [0.5, 0.6) is 5.75 Å². The summed E-state index contributed by atoms with van der Waals surface area (Å²) in [5.41, 5.74) is 6.27. The van der Waals surface area contributed by atoms with Crippen LogP contribution in [0, 0.1) is 20.8 Å². The number of ether oxygens (including phenoxy) is 1. The molecule has 3 aromatic carbocycles. The van der Waals surface area contributed by atoms with Crippen molar-refractivity contribution in [1.82, 2.24) is 10.1 Å². The summed E-state index contributed by atoms with van der Waals surface area (Å²) in [5, 5.41) is 6.84. The number of benzene rings is 3. The highest BCUT2D eigenvalue weighted by atomic mass is 16.5. The highest BCUT2D eigenvalue weighted by Gasteiger charge is 2.12. The number of oxazole rings is 1. The molecule has 5 rings (SSSR count). The van der Waals surface area contributed by atoms with E-state index in [1.165, 1.54) is 0 Å². The van der Waals surface area contributed by atoms with E-state index in [4.69, 9.17) is 13.7 Å². The Bertz CT molecular complexity index is 1460. The van der Waals surface area contributed by atoms with Gasteiger partial charge in [-0.15, -0.1) is 0 Å². The van der Waals surface area contributed by atoms with Crippen molar-refractivity contribution in [1.29, 1.82) is 0 Å². The Balaban J connectivity index is 1.26. The average Bonchev–Trinajstić information content (AvgIpc) is 3.40. The lowest BCUT2D eigenvalue weighted by Crippen LogP contribution is -2.11. The van der Waals surface area contributed by atoms with Gasteiger partial charge in [-0.05, 0) is 69.3 Å². The van der Waals surface area contributed by atoms with E-state index < -0.39 is 0 Å². The Hall–Kier alpha value is -4.39. The Kier molecular flexibility index (Phi) is 5.59. The molecule has 34 heavy (non-hydrogen) atoms. The molecule has 7 nitrogen and oxygen atoms in total. The number of carbonyl (C=O) groups excluding carboxylic acids is 1. The summed E-state index contributed by atoms with van der Waals surface area (Å²) in [6, 6.07) is 20.4. The summed E-state index contributed by atoms with van der Waals surface area (Å²) < 4.78 is 16.9. The van der Waals surface area contributed by atoms with Crippen LogP contribution in [0.15, 0.2) is 75.7 Å². The van der Waals surface area contributed by atoms with Crippen LogP contribution in [-0.2, 0) is 6.61 Å². The normalized spacial score (nSPS) is 11.0. The van der Waals surface area contributed by atoms with Crippen LogP contribution in [0.25, 0.3) is 22.6 Å². The van der Waals surface area contributed by atoms with Crippen LogP contribution < -0.4 is 10.1 Å². The van der Waals surface area contributed by atoms with Gasteiger partial charge in [-0.2, -0.15) is 0 Å². The molecule has 7 heteroatoms. The molecule has 0 aliphatic heterocycles. The van der Waals surface area contributed by atoms with Gasteiger partial charge in [0.25, 0.3) is 5.91 Å². The number of rotatable bonds is 6. The van der Waals surface area contributed by atoms with Crippen molar-refractivity contribution in [3.63, 3.8) is 0 Å². The Morgan fingerprint density at radius 1 is 1.00 bits per heavy atom. The topological polar surface area (TPSA) is 90.4 Å². The molecule has 1 N–H and O–H groups in total. The Labute approximate surface area is 196 Å². The Morgan fingerprint density at radius 3 is 2.56 bits per heavy atom. The fourth-order valence-electron chi connectivity index (χ4n) is 3.67. The molecular formula is C27H23N3O4. The van der Waals surface area contributed by atoms with Gasteiger partial charge in [0.2, 0.25) is 5.89 Å². The van der Waals surface area contributed by atoms with Gasteiger partial charge in [0.15, 0.2) is 5.58 Å². The minimum Gasteiger partial charge on any atom is -0.489 e. The third kappa shape index (κ3) is 4.41. The van der Waals surface area contributed by atoms with Gasteiger partial charge in [0.1, 0.15) is 23.6 Å². The van der Waals surface area contributed by atoms with Crippen molar-refractivity contribution < 1.29 is 18.5 Å². The predicted octanol–water partition coefficient (Wildman–Crippen LogP) is 6.24. The minimum absolute atomic E-state index is 0.227. The zero-order chi connectivity index (χ0) is 23.7. The zero-order valence-electron chi connectivity index (χ0n) is 19.1. The first kappa shape index (κ1) is 21.5. The van der Waals surface area contributed by atoms with E-state index in [1.54, 1.807) is 30.3 Å². The van der Waals surface area contributed by atoms with E-state index in [-0.39, 0.29) is 5.91 Å². The summed E-state index contributed by atoms with van der Waals surface area (Å²) in [7, 11) is 0. The van der Waals surface area contributed by atoms with E-state index in [0.29, 0.717) is 35.1 Å². The first-order valence-corrected chi connectivity index (χ1v) is 10.9. The summed E-state index contributed by atoms with van der Waals surface area (Å²) in [6.45, 7) is 6.11. The van der Waals surface area contributed by atoms with E-state index in [2.05, 4.69) is 15.5 Å². The third-order valence-electron chi connectivity index (χ3n) is 5.59. The standard InChI is InChI=1S/C27H23N3O4/c1-16-5-4-6-20(13-16)27-29-24-12-9-21(14-25(24)33-27)28-26(31)19-7-10-22(11-8-19)32-15-23-17(2)30-34-18(23)3/h4-14H,15H2,1-3H3,(H,28,31). The van der Waals surface area contributed by atoms with Gasteiger partial charge in [-0.3, -0.25) is 4.79 Å². The lowest BCUT2D eigenvalue weighted by atomic mass is 10.1. The Morgan fingerprint density at radius 2 is 1.82 bits per heavy atom. The number of amides is 1. The SMILES string of the molecule is Cc1cccc(-c2nc3ccc(NC(=O)c4ccc(OCc5c(C)noc5C)cc4)cc3o2)c1. The van der Waals surface area contributed by atoms with Gasteiger partial charge in [-0.25, -0.2) is 4.98 Å². The zero-order valence-corrected chi connectivity index (χ0v) is 19.1. The fourth-order valence-corrected chi connectivity index (χ4v) is 3.67. The average molecular weight is 453 g/mol. The monoisotopic (exact) mass is 453 g/mol. The molecule has 0 bridgehead atoms. The molecule has 0 radical (unpaired) electrons. The second kappa shape index (κ2) is 8.86. The highest BCUT2D eigenvalue weighted by Crippen LogP contribution is 2.27. The number of carbonyl (C=O) groups is 1. The van der Waals surface area contributed by atoms with Gasteiger partial charge in [0.05, 0.1) is 11.3 Å². The smallest absolute Gasteiger partial charge is 0.255 e. The highest BCUT2D eigenvalue weighted by molar-refractivity contribution is 6.05. The summed E-state index contributed by atoms with van der Waals surface area (Å²) in [5.74, 6) is 1.72. The lowest BCUT2D eigenvalue weighted by Gasteiger charge is -2.08. The maximum Gasteiger partial charge on any atom is 0.255 e. The number of aryl methyl sites for hydroxylation is 3. The van der Waals surface area contributed by atoms with E-state index >= 15 is 0 Å². The quantitative estimate of drug-likeness (QED) is 0.327. The largest absolute Gasteiger partial charge is 0.489 e. The van der Waals surface area contributed by atoms with Crippen LogP contribution in [0.4, 0.5) is 5.69 Å². The molecule has 5 aromatic rings. The van der Waals surface area contributed by atoms with Crippen molar-refractivity contribution in [2.75, 3.05) is 5.32 Å². The van der Waals surface area contributed by atoms with Crippen molar-refractivity contribution >= 4 is 22.7 Å². The molecule has 0 aliphatic rings. The molecule has 0 aliphatic carbocycles. The summed E-state index contributed by atoms with van der Waals surface area (Å²) >= 11 is 0. The molecule has 0 fully saturated rings. The van der Waals surface area contributed by atoms with E-state index in [9.17, 15) is 4.79 Å². The molecule has 0 unspecified atom stereocenters. The maximum absolute atomic E-state index is 12.7.